The van der Waals surface area contributed by atoms with Gasteiger partial charge in [0.1, 0.15) is 5.82 Å². The number of aromatic nitrogens is 1. The van der Waals surface area contributed by atoms with Gasteiger partial charge in [0.05, 0.1) is 16.1 Å². The van der Waals surface area contributed by atoms with Gasteiger partial charge in [0.2, 0.25) is 0 Å². The van der Waals surface area contributed by atoms with E-state index in [-0.39, 0.29) is 17.8 Å². The normalized spacial score (nSPS) is 15.8. The predicted octanol–water partition coefficient (Wildman–Crippen LogP) is 6.03. The van der Waals surface area contributed by atoms with E-state index in [9.17, 15) is 9.18 Å². The predicted molar refractivity (Wildman–Crippen MR) is 140 cm³/mol. The van der Waals surface area contributed by atoms with Crippen LogP contribution in [-0.2, 0) is 13.0 Å². The van der Waals surface area contributed by atoms with E-state index in [4.69, 9.17) is 4.98 Å². The Morgan fingerprint density at radius 1 is 1.06 bits per heavy atom. The van der Waals surface area contributed by atoms with Gasteiger partial charge in [-0.25, -0.2) is 4.39 Å². The SMILES string of the molecule is CN(C(=O)c1cccs1)C(Cc1ccccc1F)C1CCN(Cc2ccc3ccccc3n2)CC1. The molecule has 1 unspecified atom stereocenters. The Hall–Kier alpha value is -3.09. The van der Waals surface area contributed by atoms with E-state index in [1.54, 1.807) is 6.07 Å². The Balaban J connectivity index is 1.29. The highest BCUT2D eigenvalue weighted by Gasteiger charge is 2.32. The van der Waals surface area contributed by atoms with E-state index < -0.39 is 0 Å². The highest BCUT2D eigenvalue weighted by Crippen LogP contribution is 2.29. The molecule has 5 rings (SSSR count). The lowest BCUT2D eigenvalue weighted by molar-refractivity contribution is 0.0587. The Bertz CT molecular complexity index is 1280. The van der Waals surface area contributed by atoms with Crippen LogP contribution in [0, 0.1) is 11.7 Å². The number of piperidine rings is 1. The summed E-state index contributed by atoms with van der Waals surface area (Å²) < 4.78 is 14.6. The number of fused-ring (bicyclic) bond motifs is 1. The van der Waals surface area contributed by atoms with Crippen molar-refractivity contribution >= 4 is 28.1 Å². The second-order valence-electron chi connectivity index (χ2n) is 9.37. The average Bonchev–Trinajstić information content (AvgIpc) is 3.43. The Morgan fingerprint density at radius 2 is 1.83 bits per heavy atom. The third-order valence-electron chi connectivity index (χ3n) is 7.15. The molecule has 1 aliphatic rings. The molecule has 1 amide bonds. The highest BCUT2D eigenvalue weighted by atomic mass is 32.1. The van der Waals surface area contributed by atoms with Crippen LogP contribution in [0.5, 0.6) is 0 Å². The van der Waals surface area contributed by atoms with E-state index in [1.165, 1.54) is 17.4 Å². The van der Waals surface area contributed by atoms with Gasteiger partial charge in [-0.2, -0.15) is 0 Å². The van der Waals surface area contributed by atoms with Crippen molar-refractivity contribution in [1.82, 2.24) is 14.8 Å². The van der Waals surface area contributed by atoms with Gasteiger partial charge >= 0.3 is 0 Å². The first kappa shape index (κ1) is 23.6. The first-order valence-corrected chi connectivity index (χ1v) is 13.1. The zero-order valence-corrected chi connectivity index (χ0v) is 20.8. The number of benzene rings is 2. The lowest BCUT2D eigenvalue weighted by atomic mass is 9.84. The van der Waals surface area contributed by atoms with Gasteiger partial charge in [0, 0.05) is 25.0 Å². The number of likely N-dealkylation sites (tertiary alicyclic amines) is 1. The Kier molecular flexibility index (Phi) is 7.21. The number of hydrogen-bond donors (Lipinski definition) is 0. The monoisotopic (exact) mass is 487 g/mol. The van der Waals surface area contributed by atoms with Crippen molar-refractivity contribution in [3.63, 3.8) is 0 Å². The lowest BCUT2D eigenvalue weighted by Gasteiger charge is -2.40. The number of nitrogens with zero attached hydrogens (tertiary/aromatic N) is 3. The lowest BCUT2D eigenvalue weighted by Crippen LogP contribution is -2.47. The minimum absolute atomic E-state index is 0.0177. The third-order valence-corrected chi connectivity index (χ3v) is 8.01. The third kappa shape index (κ3) is 5.44. The van der Waals surface area contributed by atoms with E-state index in [1.807, 2.05) is 53.7 Å². The molecule has 6 heteroatoms. The van der Waals surface area contributed by atoms with Crippen molar-refractivity contribution in [2.75, 3.05) is 20.1 Å². The number of hydrogen-bond acceptors (Lipinski definition) is 4. The van der Waals surface area contributed by atoms with Crippen LogP contribution in [0.2, 0.25) is 0 Å². The number of amides is 1. The number of likely N-dealkylation sites (N-methyl/N-ethyl adjacent to an activating group) is 1. The average molecular weight is 488 g/mol. The number of carbonyl (C=O) groups excluding carboxylic acids is 1. The first-order valence-electron chi connectivity index (χ1n) is 12.2. The Morgan fingerprint density at radius 3 is 2.60 bits per heavy atom. The fourth-order valence-electron chi connectivity index (χ4n) is 5.15. The Labute approximate surface area is 210 Å². The summed E-state index contributed by atoms with van der Waals surface area (Å²) in [6.07, 6.45) is 2.46. The van der Waals surface area contributed by atoms with Gasteiger partial charge in [0.25, 0.3) is 5.91 Å². The maximum atomic E-state index is 14.6. The van der Waals surface area contributed by atoms with Gasteiger partial charge in [0.15, 0.2) is 0 Å². The molecule has 0 aliphatic carbocycles. The maximum Gasteiger partial charge on any atom is 0.263 e. The van der Waals surface area contributed by atoms with E-state index in [2.05, 4.69) is 29.2 Å². The van der Waals surface area contributed by atoms with Crippen LogP contribution in [0.25, 0.3) is 10.9 Å². The van der Waals surface area contributed by atoms with Gasteiger partial charge in [-0.15, -0.1) is 11.3 Å². The van der Waals surface area contributed by atoms with E-state index in [0.717, 1.165) is 53.9 Å². The zero-order valence-electron chi connectivity index (χ0n) is 19.9. The quantitative estimate of drug-likeness (QED) is 0.319. The molecule has 180 valence electrons. The maximum absolute atomic E-state index is 14.6. The van der Waals surface area contributed by atoms with Crippen molar-refractivity contribution in [1.29, 1.82) is 0 Å². The fraction of sp³-hybridized carbons (Fsp3) is 0.310. The van der Waals surface area contributed by atoms with Crippen LogP contribution in [-0.4, -0.2) is 46.9 Å². The molecule has 3 heterocycles. The van der Waals surface area contributed by atoms with Gasteiger partial charge in [-0.05, 0) is 73.5 Å². The van der Waals surface area contributed by atoms with Crippen LogP contribution in [0.3, 0.4) is 0 Å². The van der Waals surface area contributed by atoms with Crippen LogP contribution in [0.1, 0.15) is 33.8 Å². The number of para-hydroxylation sites is 1. The molecule has 1 atom stereocenters. The van der Waals surface area contributed by atoms with Crippen LogP contribution in [0.4, 0.5) is 4.39 Å². The molecule has 1 saturated heterocycles. The largest absolute Gasteiger partial charge is 0.337 e. The zero-order chi connectivity index (χ0) is 24.2. The topological polar surface area (TPSA) is 36.4 Å². The molecule has 0 saturated carbocycles. The molecular formula is C29H30FN3OS. The summed E-state index contributed by atoms with van der Waals surface area (Å²) in [6.45, 7) is 2.70. The molecule has 0 spiro atoms. The summed E-state index contributed by atoms with van der Waals surface area (Å²) in [5, 5.41) is 3.08. The number of thiophene rings is 1. The van der Waals surface area contributed by atoms with Crippen molar-refractivity contribution in [2.24, 2.45) is 5.92 Å². The van der Waals surface area contributed by atoms with Crippen molar-refractivity contribution in [3.05, 3.63) is 100 Å². The summed E-state index contributed by atoms with van der Waals surface area (Å²) in [6, 6.07) is 23.1. The number of pyridine rings is 1. The van der Waals surface area contributed by atoms with E-state index in [0.29, 0.717) is 17.9 Å². The summed E-state index contributed by atoms with van der Waals surface area (Å²) >= 11 is 1.45. The molecule has 0 radical (unpaired) electrons. The molecule has 0 bridgehead atoms. The molecule has 2 aromatic heterocycles. The minimum Gasteiger partial charge on any atom is -0.337 e. The molecule has 1 fully saturated rings. The van der Waals surface area contributed by atoms with Crippen LogP contribution >= 0.6 is 11.3 Å². The number of carbonyl (C=O) groups is 1. The molecule has 1 aliphatic heterocycles. The molecule has 4 aromatic rings. The first-order chi connectivity index (χ1) is 17.1. The van der Waals surface area contributed by atoms with Gasteiger partial charge in [-0.3, -0.25) is 14.7 Å². The standard InChI is InChI=1S/C29H30FN3OS/c1-32(29(34)28-11-6-18-35-28)27(19-23-8-2-4-9-25(23)30)22-14-16-33(17-15-22)20-24-13-12-21-7-3-5-10-26(21)31-24/h2-13,18,22,27H,14-17,19-20H2,1H3. The van der Waals surface area contributed by atoms with Crippen LogP contribution < -0.4 is 0 Å². The second kappa shape index (κ2) is 10.7. The fourth-order valence-corrected chi connectivity index (χ4v) is 5.86. The minimum atomic E-state index is -0.200. The summed E-state index contributed by atoms with van der Waals surface area (Å²) in [5.41, 5.74) is 2.78. The molecular weight excluding hydrogens is 457 g/mol. The second-order valence-corrected chi connectivity index (χ2v) is 10.3. The summed E-state index contributed by atoms with van der Waals surface area (Å²) in [7, 11) is 1.87. The summed E-state index contributed by atoms with van der Waals surface area (Å²) in [4.78, 5) is 23.1. The number of halogens is 1. The highest BCUT2D eigenvalue weighted by molar-refractivity contribution is 7.12. The molecule has 0 N–H and O–H groups in total. The van der Waals surface area contributed by atoms with Gasteiger partial charge < -0.3 is 4.90 Å². The number of rotatable bonds is 7. The van der Waals surface area contributed by atoms with Gasteiger partial charge in [-0.1, -0.05) is 48.5 Å². The van der Waals surface area contributed by atoms with E-state index >= 15 is 0 Å². The van der Waals surface area contributed by atoms with Crippen molar-refractivity contribution in [2.45, 2.75) is 31.8 Å². The molecule has 2 aromatic carbocycles. The molecule has 4 nitrogen and oxygen atoms in total. The van der Waals surface area contributed by atoms with Crippen molar-refractivity contribution < 1.29 is 9.18 Å². The summed E-state index contributed by atoms with van der Waals surface area (Å²) in [5.74, 6) is 0.128. The molecule has 35 heavy (non-hydrogen) atoms. The smallest absolute Gasteiger partial charge is 0.263 e. The van der Waals surface area contributed by atoms with Crippen LogP contribution in [0.15, 0.2) is 78.2 Å². The van der Waals surface area contributed by atoms with Crippen molar-refractivity contribution in [3.8, 4) is 0 Å².